The van der Waals surface area contributed by atoms with Crippen LogP contribution in [0.2, 0.25) is 0 Å². The third-order valence-corrected chi connectivity index (χ3v) is 4.09. The minimum Gasteiger partial charge on any atom is -0.384 e. The van der Waals surface area contributed by atoms with Gasteiger partial charge in [0.1, 0.15) is 6.61 Å². The molecular weight excluding hydrogens is 262 g/mol. The third kappa shape index (κ3) is 4.09. The normalized spacial score (nSPS) is 17.6. The highest BCUT2D eigenvalue weighted by Gasteiger charge is 2.26. The van der Waals surface area contributed by atoms with Gasteiger partial charge >= 0.3 is 0 Å². The van der Waals surface area contributed by atoms with Crippen LogP contribution in [-0.4, -0.2) is 35.6 Å². The fraction of sp³-hybridized carbons (Fsp3) is 0.500. The Hall–Kier alpha value is -1.79. The molecule has 3 heteroatoms. The number of aliphatic hydroxyl groups excluding tert-OH is 1. The Bertz CT molecular complexity index is 566. The van der Waals surface area contributed by atoms with E-state index in [9.17, 15) is 4.79 Å². The average molecular weight is 285 g/mol. The van der Waals surface area contributed by atoms with E-state index in [1.54, 1.807) is 0 Å². The smallest absolute Gasteiger partial charge is 0.255 e. The standard InChI is InChI=1S/C18H23NO2/c1-18(2)10-6-12-19(13-11-18)17(21)16-9-4-3-7-15(16)8-5-14-20/h3-4,7,9,20H,6,10-14H2,1-2H3. The summed E-state index contributed by atoms with van der Waals surface area (Å²) in [5, 5.41) is 8.83. The summed E-state index contributed by atoms with van der Waals surface area (Å²) < 4.78 is 0. The Morgan fingerprint density at radius 3 is 2.81 bits per heavy atom. The number of benzene rings is 1. The lowest BCUT2D eigenvalue weighted by Gasteiger charge is -2.23. The summed E-state index contributed by atoms with van der Waals surface area (Å²) in [4.78, 5) is 14.7. The highest BCUT2D eigenvalue weighted by atomic mass is 16.2. The zero-order valence-electron chi connectivity index (χ0n) is 12.9. The maximum Gasteiger partial charge on any atom is 0.255 e. The number of hydrogen-bond acceptors (Lipinski definition) is 2. The van der Waals surface area contributed by atoms with E-state index >= 15 is 0 Å². The molecule has 1 aromatic rings. The van der Waals surface area contributed by atoms with E-state index in [0.29, 0.717) is 16.5 Å². The highest BCUT2D eigenvalue weighted by molar-refractivity contribution is 5.96. The number of hydrogen-bond donors (Lipinski definition) is 1. The van der Waals surface area contributed by atoms with Crippen LogP contribution < -0.4 is 0 Å². The molecule has 0 atom stereocenters. The molecule has 3 nitrogen and oxygen atoms in total. The molecule has 1 fully saturated rings. The minimum atomic E-state index is -0.194. The van der Waals surface area contributed by atoms with Crippen molar-refractivity contribution in [1.82, 2.24) is 4.90 Å². The molecule has 2 rings (SSSR count). The molecule has 0 spiro atoms. The molecule has 1 amide bonds. The van der Waals surface area contributed by atoms with E-state index in [1.165, 1.54) is 0 Å². The second kappa shape index (κ2) is 6.78. The van der Waals surface area contributed by atoms with Gasteiger partial charge in [0.15, 0.2) is 0 Å². The Labute approximate surface area is 127 Å². The number of likely N-dealkylation sites (tertiary alicyclic amines) is 1. The van der Waals surface area contributed by atoms with Crippen molar-refractivity contribution in [3.05, 3.63) is 35.4 Å². The van der Waals surface area contributed by atoms with Gasteiger partial charge in [-0.3, -0.25) is 4.79 Å². The largest absolute Gasteiger partial charge is 0.384 e. The van der Waals surface area contributed by atoms with Crippen molar-refractivity contribution < 1.29 is 9.90 Å². The predicted octanol–water partition coefficient (Wildman–Crippen LogP) is 2.68. The summed E-state index contributed by atoms with van der Waals surface area (Å²) in [6, 6.07) is 7.38. The topological polar surface area (TPSA) is 40.5 Å². The van der Waals surface area contributed by atoms with Gasteiger partial charge in [0.25, 0.3) is 5.91 Å². The Morgan fingerprint density at radius 2 is 2.05 bits per heavy atom. The lowest BCUT2D eigenvalue weighted by molar-refractivity contribution is 0.0757. The van der Waals surface area contributed by atoms with Gasteiger partial charge in [-0.25, -0.2) is 0 Å². The zero-order chi connectivity index (χ0) is 15.3. The molecule has 1 N–H and O–H groups in total. The van der Waals surface area contributed by atoms with Crippen LogP contribution in [0, 0.1) is 17.3 Å². The van der Waals surface area contributed by atoms with Crippen LogP contribution >= 0.6 is 0 Å². The molecule has 0 saturated carbocycles. The van der Waals surface area contributed by atoms with Gasteiger partial charge in [-0.2, -0.15) is 0 Å². The van der Waals surface area contributed by atoms with E-state index in [0.717, 1.165) is 32.4 Å². The molecule has 0 radical (unpaired) electrons. The van der Waals surface area contributed by atoms with E-state index in [2.05, 4.69) is 25.7 Å². The van der Waals surface area contributed by atoms with E-state index in [1.807, 2.05) is 29.2 Å². The predicted molar refractivity (Wildman–Crippen MR) is 83.9 cm³/mol. The van der Waals surface area contributed by atoms with Gasteiger partial charge in [-0.1, -0.05) is 37.8 Å². The van der Waals surface area contributed by atoms with Crippen molar-refractivity contribution in [2.75, 3.05) is 19.7 Å². The second-order valence-corrected chi connectivity index (χ2v) is 6.32. The summed E-state index contributed by atoms with van der Waals surface area (Å²) in [6.45, 7) is 5.95. The number of nitrogens with zero attached hydrogens (tertiary/aromatic N) is 1. The number of aliphatic hydroxyl groups is 1. The first-order chi connectivity index (χ1) is 10.0. The van der Waals surface area contributed by atoms with Gasteiger partial charge in [0.05, 0.1) is 5.56 Å². The Kier molecular flexibility index (Phi) is 5.03. The molecule has 21 heavy (non-hydrogen) atoms. The molecule has 1 aliphatic rings. The molecule has 1 aliphatic heterocycles. The molecule has 1 heterocycles. The summed E-state index contributed by atoms with van der Waals surface area (Å²) in [5.41, 5.74) is 1.64. The Balaban J connectivity index is 2.20. The fourth-order valence-corrected chi connectivity index (χ4v) is 2.71. The lowest BCUT2D eigenvalue weighted by atomic mass is 9.85. The molecule has 0 unspecified atom stereocenters. The van der Waals surface area contributed by atoms with Crippen molar-refractivity contribution in [1.29, 1.82) is 0 Å². The van der Waals surface area contributed by atoms with Crippen LogP contribution in [0.25, 0.3) is 0 Å². The zero-order valence-corrected chi connectivity index (χ0v) is 12.9. The number of carbonyl (C=O) groups is 1. The quantitative estimate of drug-likeness (QED) is 0.806. The van der Waals surface area contributed by atoms with Crippen LogP contribution in [0.4, 0.5) is 0 Å². The molecule has 0 bridgehead atoms. The van der Waals surface area contributed by atoms with Crippen LogP contribution in [0.15, 0.2) is 24.3 Å². The van der Waals surface area contributed by atoms with Crippen LogP contribution in [0.5, 0.6) is 0 Å². The molecule has 1 saturated heterocycles. The third-order valence-electron chi connectivity index (χ3n) is 4.09. The first kappa shape index (κ1) is 15.6. The maximum atomic E-state index is 12.7. The molecule has 0 aromatic heterocycles. The SMILES string of the molecule is CC1(C)CCCN(C(=O)c2ccccc2C#CCO)CC1. The molecular formula is C18H23NO2. The maximum absolute atomic E-state index is 12.7. The Morgan fingerprint density at radius 1 is 1.29 bits per heavy atom. The number of rotatable bonds is 1. The first-order valence-electron chi connectivity index (χ1n) is 7.51. The second-order valence-electron chi connectivity index (χ2n) is 6.32. The van der Waals surface area contributed by atoms with Crippen LogP contribution in [0.1, 0.15) is 49.0 Å². The van der Waals surface area contributed by atoms with Crippen molar-refractivity contribution in [2.45, 2.75) is 33.1 Å². The summed E-state index contributed by atoms with van der Waals surface area (Å²) in [7, 11) is 0. The van der Waals surface area contributed by atoms with Crippen LogP contribution in [0.3, 0.4) is 0 Å². The van der Waals surface area contributed by atoms with Crippen molar-refractivity contribution in [3.63, 3.8) is 0 Å². The van der Waals surface area contributed by atoms with Crippen LogP contribution in [-0.2, 0) is 0 Å². The van der Waals surface area contributed by atoms with Gasteiger partial charge < -0.3 is 10.0 Å². The fourth-order valence-electron chi connectivity index (χ4n) is 2.71. The van der Waals surface area contributed by atoms with Crippen molar-refractivity contribution >= 4 is 5.91 Å². The van der Waals surface area contributed by atoms with Gasteiger partial charge in [0.2, 0.25) is 0 Å². The van der Waals surface area contributed by atoms with E-state index < -0.39 is 0 Å². The molecule has 112 valence electrons. The van der Waals surface area contributed by atoms with Crippen molar-refractivity contribution in [2.24, 2.45) is 5.41 Å². The summed E-state index contributed by atoms with van der Waals surface area (Å²) >= 11 is 0. The summed E-state index contributed by atoms with van der Waals surface area (Å²) in [6.07, 6.45) is 3.23. The number of carbonyl (C=O) groups excluding carboxylic acids is 1. The van der Waals surface area contributed by atoms with Gasteiger partial charge in [-0.05, 0) is 36.8 Å². The highest BCUT2D eigenvalue weighted by Crippen LogP contribution is 2.30. The summed E-state index contributed by atoms with van der Waals surface area (Å²) in [5.74, 6) is 5.54. The van der Waals surface area contributed by atoms with Gasteiger partial charge in [0, 0.05) is 18.7 Å². The minimum absolute atomic E-state index is 0.0514. The average Bonchev–Trinajstić information content (AvgIpc) is 2.65. The van der Waals surface area contributed by atoms with Crippen molar-refractivity contribution in [3.8, 4) is 11.8 Å². The first-order valence-corrected chi connectivity index (χ1v) is 7.51. The number of amides is 1. The van der Waals surface area contributed by atoms with Gasteiger partial charge in [-0.15, -0.1) is 0 Å². The van der Waals surface area contributed by atoms with E-state index in [-0.39, 0.29) is 12.5 Å². The molecule has 0 aliphatic carbocycles. The lowest BCUT2D eigenvalue weighted by Crippen LogP contribution is -2.32. The monoisotopic (exact) mass is 285 g/mol. The van der Waals surface area contributed by atoms with E-state index in [4.69, 9.17) is 5.11 Å². The molecule has 1 aromatic carbocycles.